The van der Waals surface area contributed by atoms with Crippen LogP contribution in [0.1, 0.15) is 0 Å². The molecule has 0 atom stereocenters. The first-order valence-corrected chi connectivity index (χ1v) is 5.33. The van der Waals surface area contributed by atoms with Crippen molar-refractivity contribution in [2.24, 2.45) is 0 Å². The first-order valence-electron chi connectivity index (χ1n) is 2.56. The minimum atomic E-state index is -3.31. The molecule has 6 nitrogen and oxygen atoms in total. The second kappa shape index (κ2) is 3.18. The average Bonchev–Trinajstić information content (AvgIpc) is 2.39. The highest BCUT2D eigenvalue weighted by molar-refractivity contribution is 9.10. The fourth-order valence-corrected chi connectivity index (χ4v) is 1.22. The number of nitrogens with one attached hydrogen (secondary N) is 2. The van der Waals surface area contributed by atoms with E-state index in [9.17, 15) is 8.42 Å². The fraction of sp³-hybridized carbons (Fsp3) is 0.333. The van der Waals surface area contributed by atoms with Crippen LogP contribution in [0.15, 0.2) is 6.33 Å². The quantitative estimate of drug-likeness (QED) is 0.723. The van der Waals surface area contributed by atoms with Crippen LogP contribution in [-0.2, 0) is 10.0 Å². The summed E-state index contributed by atoms with van der Waals surface area (Å²) in [7, 11) is -3.31. The maximum absolute atomic E-state index is 10.8. The van der Waals surface area contributed by atoms with Crippen LogP contribution in [0.3, 0.4) is 0 Å². The summed E-state index contributed by atoms with van der Waals surface area (Å²) >= 11 is 2.80. The molecule has 0 saturated heterocycles. The molecule has 11 heavy (non-hydrogen) atoms. The maximum atomic E-state index is 10.8. The van der Waals surface area contributed by atoms with Gasteiger partial charge in [-0.3, -0.25) is 4.72 Å². The molecule has 0 unspecified atom stereocenters. The largest absolute Gasteiger partial charge is 0.251 e. The molecule has 0 saturated carbocycles. The van der Waals surface area contributed by atoms with Crippen molar-refractivity contribution >= 4 is 31.9 Å². The first-order chi connectivity index (χ1) is 5.14. The number of hydrogen-bond donors (Lipinski definition) is 2. The van der Waals surface area contributed by atoms with E-state index in [1.165, 1.54) is 6.33 Å². The predicted octanol–water partition coefficient (Wildman–Crippen LogP) is -0.101. The van der Waals surface area contributed by atoms with E-state index in [4.69, 9.17) is 0 Å². The molecule has 0 bridgehead atoms. The molecule has 8 heteroatoms. The molecule has 0 radical (unpaired) electrons. The molecule has 0 fully saturated rings. The van der Waals surface area contributed by atoms with E-state index < -0.39 is 10.0 Å². The Bertz CT molecular complexity index is 306. The molecule has 0 aliphatic rings. The summed E-state index contributed by atoms with van der Waals surface area (Å²) in [6.07, 6.45) is 1.21. The lowest BCUT2D eigenvalue weighted by Gasteiger charge is -1.98. The van der Waals surface area contributed by atoms with Gasteiger partial charge >= 0.3 is 0 Å². The van der Waals surface area contributed by atoms with E-state index in [2.05, 4.69) is 35.8 Å². The summed E-state index contributed by atoms with van der Waals surface area (Å²) in [5.74, 6) is 0.115. The standard InChI is InChI=1S/C3H5BrN4O2S/c4-1-11(9,10)8-3-5-2-6-7-3/h2H,1H2,(H2,5,6,7,8). The number of aromatic nitrogens is 3. The van der Waals surface area contributed by atoms with Gasteiger partial charge in [0.1, 0.15) is 11.0 Å². The summed E-state index contributed by atoms with van der Waals surface area (Å²) in [6, 6.07) is 0. The van der Waals surface area contributed by atoms with Crippen LogP contribution in [-0.4, -0.2) is 28.3 Å². The number of H-pyrrole nitrogens is 1. The minimum Gasteiger partial charge on any atom is -0.251 e. The third-order valence-corrected chi connectivity index (χ3v) is 3.41. The lowest BCUT2D eigenvalue weighted by Crippen LogP contribution is -2.14. The Morgan fingerprint density at radius 1 is 1.73 bits per heavy atom. The van der Waals surface area contributed by atoms with Crippen molar-refractivity contribution in [2.75, 3.05) is 9.38 Å². The number of halogens is 1. The van der Waals surface area contributed by atoms with E-state index in [1.807, 2.05) is 0 Å². The van der Waals surface area contributed by atoms with Gasteiger partial charge in [-0.2, -0.15) is 10.1 Å². The van der Waals surface area contributed by atoms with Gasteiger partial charge in [-0.15, -0.1) is 0 Å². The second-order valence-corrected chi connectivity index (χ2v) is 4.69. The van der Waals surface area contributed by atoms with Crippen molar-refractivity contribution in [3.8, 4) is 0 Å². The van der Waals surface area contributed by atoms with Crippen molar-refractivity contribution in [1.82, 2.24) is 15.2 Å². The third kappa shape index (κ3) is 2.46. The number of anilines is 1. The van der Waals surface area contributed by atoms with Gasteiger partial charge in [0, 0.05) is 0 Å². The first kappa shape index (κ1) is 8.47. The highest BCUT2D eigenvalue weighted by Gasteiger charge is 2.08. The van der Waals surface area contributed by atoms with Crippen molar-refractivity contribution in [2.45, 2.75) is 0 Å². The summed E-state index contributed by atoms with van der Waals surface area (Å²) < 4.78 is 23.6. The van der Waals surface area contributed by atoms with Gasteiger partial charge in [-0.1, -0.05) is 15.9 Å². The number of nitrogens with zero attached hydrogens (tertiary/aromatic N) is 2. The fourth-order valence-electron chi connectivity index (χ4n) is 0.429. The predicted molar refractivity (Wildman–Crippen MR) is 42.7 cm³/mol. The molecule has 0 spiro atoms. The zero-order valence-electron chi connectivity index (χ0n) is 5.28. The van der Waals surface area contributed by atoms with E-state index in [-0.39, 0.29) is 10.6 Å². The molecule has 1 rings (SSSR count). The van der Waals surface area contributed by atoms with Gasteiger partial charge in [0.05, 0.1) is 0 Å². The van der Waals surface area contributed by atoms with E-state index >= 15 is 0 Å². The Hall–Kier alpha value is -0.630. The Kier molecular flexibility index (Phi) is 2.45. The van der Waals surface area contributed by atoms with Crippen LogP contribution < -0.4 is 4.72 Å². The molecule has 1 aromatic heterocycles. The Balaban J connectivity index is 2.72. The van der Waals surface area contributed by atoms with Gasteiger partial charge < -0.3 is 0 Å². The van der Waals surface area contributed by atoms with Crippen LogP contribution in [0.25, 0.3) is 0 Å². The van der Waals surface area contributed by atoms with E-state index in [0.29, 0.717) is 0 Å². The summed E-state index contributed by atoms with van der Waals surface area (Å²) in [5, 5.41) is 5.82. The topological polar surface area (TPSA) is 87.7 Å². The number of alkyl halides is 1. The summed E-state index contributed by atoms with van der Waals surface area (Å²) in [6.45, 7) is 0. The molecule has 62 valence electrons. The van der Waals surface area contributed by atoms with Gasteiger partial charge in [0.15, 0.2) is 0 Å². The van der Waals surface area contributed by atoms with Crippen molar-refractivity contribution in [3.63, 3.8) is 0 Å². The molecule has 1 heterocycles. The average molecular weight is 241 g/mol. The van der Waals surface area contributed by atoms with Crippen molar-refractivity contribution in [3.05, 3.63) is 6.33 Å². The molecular formula is C3H5BrN4O2S. The zero-order chi connectivity index (χ0) is 8.32. The molecule has 0 aliphatic carbocycles. The van der Waals surface area contributed by atoms with E-state index in [1.54, 1.807) is 0 Å². The molecular weight excluding hydrogens is 236 g/mol. The van der Waals surface area contributed by atoms with Crippen LogP contribution in [0.4, 0.5) is 5.95 Å². The van der Waals surface area contributed by atoms with Crippen LogP contribution in [0, 0.1) is 0 Å². The molecule has 2 N–H and O–H groups in total. The Morgan fingerprint density at radius 3 is 2.91 bits per heavy atom. The van der Waals surface area contributed by atoms with Crippen LogP contribution in [0.5, 0.6) is 0 Å². The van der Waals surface area contributed by atoms with Gasteiger partial charge in [0.2, 0.25) is 16.0 Å². The number of sulfonamides is 1. The normalized spacial score (nSPS) is 11.4. The second-order valence-electron chi connectivity index (χ2n) is 1.66. The number of aromatic amines is 1. The van der Waals surface area contributed by atoms with Gasteiger partial charge in [0.25, 0.3) is 0 Å². The number of rotatable bonds is 3. The summed E-state index contributed by atoms with van der Waals surface area (Å²) in [4.78, 5) is 3.57. The molecule has 0 aliphatic heterocycles. The van der Waals surface area contributed by atoms with Crippen LogP contribution in [0.2, 0.25) is 0 Å². The zero-order valence-corrected chi connectivity index (χ0v) is 7.68. The van der Waals surface area contributed by atoms with E-state index in [0.717, 1.165) is 0 Å². The minimum absolute atomic E-state index is 0.115. The van der Waals surface area contributed by atoms with Crippen LogP contribution >= 0.6 is 15.9 Å². The lowest BCUT2D eigenvalue weighted by molar-refractivity contribution is 0.605. The smallest absolute Gasteiger partial charge is 0.245 e. The molecule has 0 aromatic carbocycles. The Labute approximate surface area is 71.6 Å². The third-order valence-electron chi connectivity index (χ3n) is 0.811. The molecule has 0 amide bonds. The monoisotopic (exact) mass is 240 g/mol. The lowest BCUT2D eigenvalue weighted by atomic mass is 11.1. The Morgan fingerprint density at radius 2 is 2.45 bits per heavy atom. The molecule has 1 aromatic rings. The highest BCUT2D eigenvalue weighted by Crippen LogP contribution is 2.00. The summed E-state index contributed by atoms with van der Waals surface area (Å²) in [5.41, 5.74) is 0. The SMILES string of the molecule is O=S(=O)(CBr)Nc1ncn[nH]1. The van der Waals surface area contributed by atoms with Crippen molar-refractivity contribution < 1.29 is 8.42 Å². The van der Waals surface area contributed by atoms with Crippen molar-refractivity contribution in [1.29, 1.82) is 0 Å². The van der Waals surface area contributed by atoms with Gasteiger partial charge in [-0.25, -0.2) is 13.5 Å². The highest BCUT2D eigenvalue weighted by atomic mass is 79.9. The maximum Gasteiger partial charge on any atom is 0.245 e. The number of hydrogen-bond acceptors (Lipinski definition) is 4. The van der Waals surface area contributed by atoms with Gasteiger partial charge in [-0.05, 0) is 0 Å².